The Morgan fingerprint density at radius 2 is 1.40 bits per heavy atom. The summed E-state index contributed by atoms with van der Waals surface area (Å²) < 4.78 is 5.69. The zero-order valence-corrected chi connectivity index (χ0v) is 16.2. The molecule has 30 heavy (non-hydrogen) atoms. The van der Waals surface area contributed by atoms with E-state index in [9.17, 15) is 9.59 Å². The van der Waals surface area contributed by atoms with Gasteiger partial charge in [-0.15, -0.1) is 0 Å². The van der Waals surface area contributed by atoms with Gasteiger partial charge < -0.3 is 4.74 Å². The minimum absolute atomic E-state index is 0.220. The number of benzene rings is 4. The van der Waals surface area contributed by atoms with Crippen molar-refractivity contribution in [2.45, 2.75) is 0 Å². The minimum Gasteiger partial charge on any atom is -0.483 e. The molecule has 0 aromatic heterocycles. The van der Waals surface area contributed by atoms with Gasteiger partial charge in [-0.05, 0) is 34.5 Å². The number of ether oxygens (including phenoxy) is 1. The van der Waals surface area contributed by atoms with Gasteiger partial charge in [0.15, 0.2) is 6.61 Å². The lowest BCUT2D eigenvalue weighted by molar-refractivity contribution is -0.123. The molecule has 0 radical (unpaired) electrons. The molecule has 0 aliphatic heterocycles. The van der Waals surface area contributed by atoms with Crippen LogP contribution in [0.1, 0.15) is 10.4 Å². The Hall–Kier alpha value is -4.12. The summed E-state index contributed by atoms with van der Waals surface area (Å²) in [6.07, 6.45) is 0. The maximum Gasteiger partial charge on any atom is 0.276 e. The lowest BCUT2D eigenvalue weighted by Gasteiger charge is -2.12. The SMILES string of the molecule is O=C(COc1ccccc1-c1ccccc1)NNC(=O)c1ccc2ccccc2c1. The van der Waals surface area contributed by atoms with Crippen molar-refractivity contribution in [3.05, 3.63) is 103 Å². The molecule has 0 aliphatic carbocycles. The van der Waals surface area contributed by atoms with Crippen molar-refractivity contribution in [2.24, 2.45) is 0 Å². The van der Waals surface area contributed by atoms with Gasteiger partial charge in [0, 0.05) is 11.1 Å². The number of fused-ring (bicyclic) bond motifs is 1. The van der Waals surface area contributed by atoms with E-state index in [-0.39, 0.29) is 6.61 Å². The maximum absolute atomic E-state index is 12.3. The van der Waals surface area contributed by atoms with Crippen LogP contribution in [0.2, 0.25) is 0 Å². The zero-order valence-electron chi connectivity index (χ0n) is 16.2. The third-order valence-electron chi connectivity index (χ3n) is 4.66. The van der Waals surface area contributed by atoms with Crippen LogP contribution in [0, 0.1) is 0 Å². The number of rotatable bonds is 5. The molecule has 0 heterocycles. The summed E-state index contributed by atoms with van der Waals surface area (Å²) >= 11 is 0. The second kappa shape index (κ2) is 8.92. The van der Waals surface area contributed by atoms with E-state index in [1.54, 1.807) is 12.1 Å². The second-order valence-electron chi connectivity index (χ2n) is 6.72. The molecule has 4 aromatic carbocycles. The third-order valence-corrected chi connectivity index (χ3v) is 4.66. The normalized spacial score (nSPS) is 10.4. The Morgan fingerprint density at radius 3 is 2.23 bits per heavy atom. The molecule has 0 spiro atoms. The first kappa shape index (κ1) is 19.2. The van der Waals surface area contributed by atoms with Gasteiger partial charge in [-0.25, -0.2) is 0 Å². The number of para-hydroxylation sites is 1. The molecule has 0 fully saturated rings. The fourth-order valence-corrected chi connectivity index (χ4v) is 3.16. The van der Waals surface area contributed by atoms with Crippen LogP contribution in [0.25, 0.3) is 21.9 Å². The molecular formula is C25H20N2O3. The van der Waals surface area contributed by atoms with Crippen molar-refractivity contribution in [3.8, 4) is 16.9 Å². The number of nitrogens with one attached hydrogen (secondary N) is 2. The van der Waals surface area contributed by atoms with Crippen molar-refractivity contribution in [1.82, 2.24) is 10.9 Å². The van der Waals surface area contributed by atoms with Crippen molar-refractivity contribution >= 4 is 22.6 Å². The van der Waals surface area contributed by atoms with E-state index in [1.807, 2.05) is 84.9 Å². The Balaban J connectivity index is 1.35. The van der Waals surface area contributed by atoms with Crippen molar-refractivity contribution in [2.75, 3.05) is 6.61 Å². The molecule has 0 atom stereocenters. The summed E-state index contributed by atoms with van der Waals surface area (Å²) in [4.78, 5) is 24.5. The molecule has 2 amide bonds. The number of carbonyl (C=O) groups excluding carboxylic acids is 2. The smallest absolute Gasteiger partial charge is 0.276 e. The van der Waals surface area contributed by atoms with E-state index < -0.39 is 11.8 Å². The van der Waals surface area contributed by atoms with Gasteiger partial charge >= 0.3 is 0 Å². The second-order valence-corrected chi connectivity index (χ2v) is 6.72. The van der Waals surface area contributed by atoms with Gasteiger partial charge in [0.2, 0.25) is 0 Å². The summed E-state index contributed by atoms with van der Waals surface area (Å²) in [5, 5.41) is 2.00. The lowest BCUT2D eigenvalue weighted by atomic mass is 10.1. The van der Waals surface area contributed by atoms with Crippen LogP contribution in [0.5, 0.6) is 5.75 Å². The Labute approximate surface area is 174 Å². The van der Waals surface area contributed by atoms with Gasteiger partial charge in [0.1, 0.15) is 5.75 Å². The molecule has 148 valence electrons. The molecule has 0 saturated heterocycles. The molecule has 4 rings (SSSR count). The standard InChI is InChI=1S/C25H20N2O3/c28-24(17-30-23-13-7-6-12-22(23)19-9-2-1-3-10-19)26-27-25(29)21-15-14-18-8-4-5-11-20(18)16-21/h1-16H,17H2,(H,26,28)(H,27,29). The van der Waals surface area contributed by atoms with E-state index in [2.05, 4.69) is 10.9 Å². The van der Waals surface area contributed by atoms with Crippen LogP contribution in [-0.4, -0.2) is 18.4 Å². The third kappa shape index (κ3) is 4.47. The van der Waals surface area contributed by atoms with E-state index in [0.717, 1.165) is 21.9 Å². The van der Waals surface area contributed by atoms with Gasteiger partial charge in [-0.3, -0.25) is 20.4 Å². The van der Waals surface area contributed by atoms with Gasteiger partial charge in [-0.1, -0.05) is 78.9 Å². The number of hydrogen-bond acceptors (Lipinski definition) is 3. The Bertz CT molecular complexity index is 1190. The van der Waals surface area contributed by atoms with Crippen LogP contribution in [0.3, 0.4) is 0 Å². The van der Waals surface area contributed by atoms with Crippen molar-refractivity contribution < 1.29 is 14.3 Å². The quantitative estimate of drug-likeness (QED) is 0.493. The van der Waals surface area contributed by atoms with Gasteiger partial charge in [0.05, 0.1) is 0 Å². The highest BCUT2D eigenvalue weighted by Crippen LogP contribution is 2.29. The molecule has 2 N–H and O–H groups in total. The highest BCUT2D eigenvalue weighted by molar-refractivity contribution is 5.99. The topological polar surface area (TPSA) is 67.4 Å². The van der Waals surface area contributed by atoms with Crippen LogP contribution in [0.4, 0.5) is 0 Å². The summed E-state index contributed by atoms with van der Waals surface area (Å²) in [6, 6.07) is 30.4. The fourth-order valence-electron chi connectivity index (χ4n) is 3.16. The van der Waals surface area contributed by atoms with Gasteiger partial charge in [-0.2, -0.15) is 0 Å². The van der Waals surface area contributed by atoms with Crippen LogP contribution < -0.4 is 15.6 Å². The van der Waals surface area contributed by atoms with Crippen molar-refractivity contribution in [1.29, 1.82) is 0 Å². The van der Waals surface area contributed by atoms with Crippen molar-refractivity contribution in [3.63, 3.8) is 0 Å². The average Bonchev–Trinajstić information content (AvgIpc) is 2.81. The number of hydrazine groups is 1. The average molecular weight is 396 g/mol. The molecule has 5 nitrogen and oxygen atoms in total. The van der Waals surface area contributed by atoms with Crippen LogP contribution in [-0.2, 0) is 4.79 Å². The molecule has 0 saturated carbocycles. The fraction of sp³-hybridized carbons (Fsp3) is 0.0400. The molecule has 5 heteroatoms. The predicted molar refractivity (Wildman–Crippen MR) is 117 cm³/mol. The molecule has 0 bridgehead atoms. The first-order valence-corrected chi connectivity index (χ1v) is 9.56. The predicted octanol–water partition coefficient (Wildman–Crippen LogP) is 4.35. The lowest BCUT2D eigenvalue weighted by Crippen LogP contribution is -2.43. The summed E-state index contributed by atoms with van der Waals surface area (Å²) in [6.45, 7) is -0.220. The van der Waals surface area contributed by atoms with Crippen LogP contribution in [0.15, 0.2) is 97.1 Å². The molecule has 4 aromatic rings. The summed E-state index contributed by atoms with van der Waals surface area (Å²) in [5.41, 5.74) is 7.18. The van der Waals surface area contributed by atoms with Gasteiger partial charge in [0.25, 0.3) is 11.8 Å². The number of amides is 2. The highest BCUT2D eigenvalue weighted by atomic mass is 16.5. The first-order valence-electron chi connectivity index (χ1n) is 9.56. The van der Waals surface area contributed by atoms with E-state index in [1.165, 1.54) is 0 Å². The summed E-state index contributed by atoms with van der Waals surface area (Å²) in [5.74, 6) is -0.245. The Morgan fingerprint density at radius 1 is 0.700 bits per heavy atom. The Kier molecular flexibility index (Phi) is 5.71. The molecule has 0 aliphatic rings. The maximum atomic E-state index is 12.3. The van der Waals surface area contributed by atoms with Crippen LogP contribution >= 0.6 is 0 Å². The highest BCUT2D eigenvalue weighted by Gasteiger charge is 2.10. The largest absolute Gasteiger partial charge is 0.483 e. The minimum atomic E-state index is -0.452. The molecular weight excluding hydrogens is 376 g/mol. The summed E-state index contributed by atoms with van der Waals surface area (Å²) in [7, 11) is 0. The monoisotopic (exact) mass is 396 g/mol. The first-order chi connectivity index (χ1) is 14.7. The van der Waals surface area contributed by atoms with E-state index >= 15 is 0 Å². The molecule has 0 unspecified atom stereocenters. The number of hydrogen-bond donors (Lipinski definition) is 2. The zero-order chi connectivity index (χ0) is 20.8. The van der Waals surface area contributed by atoms with E-state index in [0.29, 0.717) is 11.3 Å². The van der Waals surface area contributed by atoms with E-state index in [4.69, 9.17) is 4.74 Å². The number of carbonyl (C=O) groups is 2.